The molecule has 1 nitrogen and oxygen atoms in total. The van der Waals surface area contributed by atoms with Crippen LogP contribution >= 0.6 is 15.9 Å². The Morgan fingerprint density at radius 1 is 1.33 bits per heavy atom. The zero-order valence-corrected chi connectivity index (χ0v) is 8.94. The smallest absolute Gasteiger partial charge is 0.383 e. The standard InChI is InChI=1S/C9H7BrF4O/c10-6-2-1-5(7(11)4-6)3-8(15)9(12,13)14/h1-2,4,8,15H,3H2. The molecule has 1 rings (SSSR count). The van der Waals surface area contributed by atoms with Crippen molar-refractivity contribution in [3.63, 3.8) is 0 Å². The number of hydrogen-bond acceptors (Lipinski definition) is 1. The van der Waals surface area contributed by atoms with Gasteiger partial charge in [-0.2, -0.15) is 13.2 Å². The second kappa shape index (κ2) is 4.49. The van der Waals surface area contributed by atoms with Crippen LogP contribution in [0.2, 0.25) is 0 Å². The highest BCUT2D eigenvalue weighted by Crippen LogP contribution is 2.24. The maximum absolute atomic E-state index is 13.1. The van der Waals surface area contributed by atoms with Crippen LogP contribution in [0.15, 0.2) is 22.7 Å². The summed E-state index contributed by atoms with van der Waals surface area (Å²) in [5, 5.41) is 8.73. The molecule has 0 radical (unpaired) electrons. The zero-order chi connectivity index (χ0) is 11.6. The van der Waals surface area contributed by atoms with Gasteiger partial charge in [-0.05, 0) is 17.7 Å². The quantitative estimate of drug-likeness (QED) is 0.829. The van der Waals surface area contributed by atoms with Gasteiger partial charge in [0, 0.05) is 10.9 Å². The van der Waals surface area contributed by atoms with Gasteiger partial charge in [-0.15, -0.1) is 0 Å². The van der Waals surface area contributed by atoms with Gasteiger partial charge < -0.3 is 5.11 Å². The first-order valence-corrected chi connectivity index (χ1v) is 4.78. The molecule has 0 aliphatic carbocycles. The minimum atomic E-state index is -4.72. The molecule has 6 heteroatoms. The van der Waals surface area contributed by atoms with Crippen LogP contribution in [-0.4, -0.2) is 17.4 Å². The van der Waals surface area contributed by atoms with Gasteiger partial charge in [-0.1, -0.05) is 22.0 Å². The highest BCUT2D eigenvalue weighted by Gasteiger charge is 2.38. The van der Waals surface area contributed by atoms with E-state index in [-0.39, 0.29) is 5.56 Å². The van der Waals surface area contributed by atoms with E-state index in [2.05, 4.69) is 15.9 Å². The van der Waals surface area contributed by atoms with Crippen molar-refractivity contribution in [3.8, 4) is 0 Å². The van der Waals surface area contributed by atoms with E-state index in [1.54, 1.807) is 0 Å². The van der Waals surface area contributed by atoms with Gasteiger partial charge in [0.05, 0.1) is 0 Å². The van der Waals surface area contributed by atoms with Crippen LogP contribution in [0, 0.1) is 5.82 Å². The molecule has 1 atom stereocenters. The van der Waals surface area contributed by atoms with Gasteiger partial charge in [0.15, 0.2) is 6.10 Å². The van der Waals surface area contributed by atoms with Crippen molar-refractivity contribution in [1.82, 2.24) is 0 Å². The Kier molecular flexibility index (Phi) is 3.72. The van der Waals surface area contributed by atoms with Crippen LogP contribution in [-0.2, 0) is 6.42 Å². The van der Waals surface area contributed by atoms with Crippen molar-refractivity contribution >= 4 is 15.9 Å². The summed E-state index contributed by atoms with van der Waals surface area (Å²) in [6.07, 6.45) is -8.03. The summed E-state index contributed by atoms with van der Waals surface area (Å²) in [5.74, 6) is -0.771. The van der Waals surface area contributed by atoms with Crippen LogP contribution in [0.5, 0.6) is 0 Å². The van der Waals surface area contributed by atoms with E-state index in [1.165, 1.54) is 12.1 Å². The third-order valence-corrected chi connectivity index (χ3v) is 2.30. The van der Waals surface area contributed by atoms with Gasteiger partial charge in [-0.25, -0.2) is 4.39 Å². The second-order valence-corrected chi connectivity index (χ2v) is 3.91. The maximum Gasteiger partial charge on any atom is 0.414 e. The molecule has 0 aliphatic rings. The van der Waals surface area contributed by atoms with Crippen LogP contribution in [0.1, 0.15) is 5.56 Å². The highest BCUT2D eigenvalue weighted by atomic mass is 79.9. The predicted octanol–water partition coefficient (Wildman–Crippen LogP) is 3.05. The Morgan fingerprint density at radius 2 is 1.93 bits per heavy atom. The first-order chi connectivity index (χ1) is 6.80. The average molecular weight is 287 g/mol. The lowest BCUT2D eigenvalue weighted by molar-refractivity contribution is -0.203. The molecule has 84 valence electrons. The van der Waals surface area contributed by atoms with Crippen molar-refractivity contribution in [2.75, 3.05) is 0 Å². The summed E-state index contributed by atoms with van der Waals surface area (Å²) >= 11 is 2.98. The molecule has 15 heavy (non-hydrogen) atoms. The van der Waals surface area contributed by atoms with Crippen LogP contribution in [0.25, 0.3) is 0 Å². The number of halogens is 5. The summed E-state index contributed by atoms with van der Waals surface area (Å²) in [6.45, 7) is 0. The SMILES string of the molecule is OC(Cc1ccc(Br)cc1F)C(F)(F)F. The predicted molar refractivity (Wildman–Crippen MR) is 49.9 cm³/mol. The lowest BCUT2D eigenvalue weighted by atomic mass is 10.1. The monoisotopic (exact) mass is 286 g/mol. The summed E-state index contributed by atoms with van der Waals surface area (Å²) in [7, 11) is 0. The third-order valence-electron chi connectivity index (χ3n) is 1.81. The van der Waals surface area contributed by atoms with E-state index in [0.29, 0.717) is 4.47 Å². The van der Waals surface area contributed by atoms with E-state index in [1.807, 2.05) is 0 Å². The molecule has 0 aliphatic heterocycles. The summed E-state index contributed by atoms with van der Waals surface area (Å²) in [6, 6.07) is 3.67. The molecular formula is C9H7BrF4O. The first-order valence-electron chi connectivity index (χ1n) is 3.99. The Bertz CT molecular complexity index is 350. The van der Waals surface area contributed by atoms with E-state index >= 15 is 0 Å². The van der Waals surface area contributed by atoms with E-state index in [0.717, 1.165) is 6.07 Å². The summed E-state index contributed by atoms with van der Waals surface area (Å²) < 4.78 is 49.4. The number of rotatable bonds is 2. The largest absolute Gasteiger partial charge is 0.414 e. The molecule has 1 N–H and O–H groups in total. The minimum Gasteiger partial charge on any atom is -0.383 e. The normalized spacial score (nSPS) is 14.0. The Balaban J connectivity index is 2.82. The molecule has 0 heterocycles. The van der Waals surface area contributed by atoms with Crippen LogP contribution < -0.4 is 0 Å². The van der Waals surface area contributed by atoms with Crippen molar-refractivity contribution in [2.24, 2.45) is 0 Å². The number of alkyl halides is 3. The fourth-order valence-corrected chi connectivity index (χ4v) is 1.34. The molecule has 0 fully saturated rings. The van der Waals surface area contributed by atoms with Gasteiger partial charge >= 0.3 is 6.18 Å². The van der Waals surface area contributed by atoms with Crippen molar-refractivity contribution in [3.05, 3.63) is 34.1 Å². The summed E-state index contributed by atoms with van der Waals surface area (Å²) in [5.41, 5.74) is -0.164. The van der Waals surface area contributed by atoms with E-state index in [4.69, 9.17) is 5.11 Å². The third kappa shape index (κ3) is 3.46. The zero-order valence-electron chi connectivity index (χ0n) is 7.35. The first kappa shape index (κ1) is 12.4. The molecular weight excluding hydrogens is 280 g/mol. The van der Waals surface area contributed by atoms with Gasteiger partial charge in [-0.3, -0.25) is 0 Å². The molecule has 0 bridgehead atoms. The maximum atomic E-state index is 13.1. The number of benzene rings is 1. The molecule has 0 amide bonds. The van der Waals surface area contributed by atoms with Crippen LogP contribution in [0.4, 0.5) is 17.6 Å². The van der Waals surface area contributed by atoms with Crippen molar-refractivity contribution < 1.29 is 22.7 Å². The fourth-order valence-electron chi connectivity index (χ4n) is 1.01. The molecule has 1 unspecified atom stereocenters. The van der Waals surface area contributed by atoms with E-state index in [9.17, 15) is 17.6 Å². The molecule has 1 aromatic rings. The fraction of sp³-hybridized carbons (Fsp3) is 0.333. The van der Waals surface area contributed by atoms with E-state index < -0.39 is 24.5 Å². The Labute approximate surface area is 91.9 Å². The molecule has 0 saturated heterocycles. The molecule has 0 saturated carbocycles. The van der Waals surface area contributed by atoms with Gasteiger partial charge in [0.25, 0.3) is 0 Å². The van der Waals surface area contributed by atoms with Crippen molar-refractivity contribution in [1.29, 1.82) is 0 Å². The second-order valence-electron chi connectivity index (χ2n) is 3.00. The average Bonchev–Trinajstić information content (AvgIpc) is 2.08. The Morgan fingerprint density at radius 3 is 2.40 bits per heavy atom. The number of aliphatic hydroxyl groups is 1. The Hall–Kier alpha value is -0.620. The highest BCUT2D eigenvalue weighted by molar-refractivity contribution is 9.10. The lowest BCUT2D eigenvalue weighted by Gasteiger charge is -2.14. The topological polar surface area (TPSA) is 20.2 Å². The van der Waals surface area contributed by atoms with Gasteiger partial charge in [0.2, 0.25) is 0 Å². The number of aliphatic hydroxyl groups excluding tert-OH is 1. The van der Waals surface area contributed by atoms with Gasteiger partial charge in [0.1, 0.15) is 5.82 Å². The van der Waals surface area contributed by atoms with Crippen molar-refractivity contribution in [2.45, 2.75) is 18.7 Å². The summed E-state index contributed by atoms with van der Waals surface area (Å²) in [4.78, 5) is 0. The molecule has 0 aromatic heterocycles. The van der Waals surface area contributed by atoms with Crippen LogP contribution in [0.3, 0.4) is 0 Å². The minimum absolute atomic E-state index is 0.164. The lowest BCUT2D eigenvalue weighted by Crippen LogP contribution is -2.30. The number of hydrogen-bond donors (Lipinski definition) is 1. The molecule has 1 aromatic carbocycles. The molecule has 0 spiro atoms.